The summed E-state index contributed by atoms with van der Waals surface area (Å²) in [6.07, 6.45) is 4.25. The fourth-order valence-electron chi connectivity index (χ4n) is 2.04. The molecule has 0 aromatic rings. The van der Waals surface area contributed by atoms with Gasteiger partial charge in [-0.1, -0.05) is 0 Å². The highest BCUT2D eigenvalue weighted by molar-refractivity contribution is 4.85. The van der Waals surface area contributed by atoms with E-state index in [9.17, 15) is 0 Å². The van der Waals surface area contributed by atoms with Gasteiger partial charge in [-0.15, -0.1) is 0 Å². The maximum atomic E-state index is 9.10. The van der Waals surface area contributed by atoms with Gasteiger partial charge in [0.2, 0.25) is 0 Å². The van der Waals surface area contributed by atoms with Gasteiger partial charge in [0.25, 0.3) is 0 Å². The topological polar surface area (TPSA) is 41.5 Å². The zero-order chi connectivity index (χ0) is 9.10. The van der Waals surface area contributed by atoms with Crippen molar-refractivity contribution in [2.24, 2.45) is 5.92 Å². The van der Waals surface area contributed by atoms with E-state index in [0.29, 0.717) is 6.04 Å². The predicted molar refractivity (Wildman–Crippen MR) is 50.6 cm³/mol. The number of aliphatic hydroxyl groups is 1. The molecule has 2 fully saturated rings. The van der Waals surface area contributed by atoms with Crippen LogP contribution in [0.1, 0.15) is 25.7 Å². The molecule has 76 valence electrons. The van der Waals surface area contributed by atoms with Crippen molar-refractivity contribution in [3.8, 4) is 0 Å². The Kier molecular flexibility index (Phi) is 3.19. The standard InChI is InChI=1S/C10H19NO2/c12-10-5-9(6-10)11-7-8-1-3-13-4-2-8/h8-12H,1-7H2. The van der Waals surface area contributed by atoms with E-state index in [1.165, 1.54) is 12.8 Å². The molecule has 1 saturated carbocycles. The molecule has 0 amide bonds. The Bertz CT molecular complexity index is 151. The van der Waals surface area contributed by atoms with Gasteiger partial charge < -0.3 is 15.2 Å². The lowest BCUT2D eigenvalue weighted by molar-refractivity contribution is 0.0462. The minimum absolute atomic E-state index is 0.0350. The Balaban J connectivity index is 1.56. The first-order valence-electron chi connectivity index (χ1n) is 5.34. The van der Waals surface area contributed by atoms with Crippen molar-refractivity contribution >= 4 is 0 Å². The molecule has 1 aliphatic heterocycles. The average molecular weight is 185 g/mol. The van der Waals surface area contributed by atoms with Crippen LogP contribution in [0.15, 0.2) is 0 Å². The van der Waals surface area contributed by atoms with Gasteiger partial charge in [0, 0.05) is 19.3 Å². The molecule has 0 bridgehead atoms. The molecule has 2 aliphatic rings. The first-order chi connectivity index (χ1) is 6.34. The first kappa shape index (κ1) is 9.44. The number of ether oxygens (including phenoxy) is 1. The third-order valence-electron chi connectivity index (χ3n) is 3.15. The molecule has 2 rings (SSSR count). The van der Waals surface area contributed by atoms with Crippen LogP contribution in [0.2, 0.25) is 0 Å². The highest BCUT2D eigenvalue weighted by Crippen LogP contribution is 2.20. The maximum Gasteiger partial charge on any atom is 0.0570 e. The predicted octanol–water partition coefficient (Wildman–Crippen LogP) is 0.526. The first-order valence-corrected chi connectivity index (χ1v) is 5.34. The molecule has 0 aromatic carbocycles. The van der Waals surface area contributed by atoms with Gasteiger partial charge in [-0.05, 0) is 38.1 Å². The molecule has 2 N–H and O–H groups in total. The molecular formula is C10H19NO2. The van der Waals surface area contributed by atoms with Gasteiger partial charge in [0.05, 0.1) is 6.10 Å². The Morgan fingerprint density at radius 2 is 1.92 bits per heavy atom. The second-order valence-electron chi connectivity index (χ2n) is 4.29. The third-order valence-corrected chi connectivity index (χ3v) is 3.15. The number of nitrogens with one attached hydrogen (secondary N) is 1. The van der Waals surface area contributed by atoms with Crippen LogP contribution in [0.5, 0.6) is 0 Å². The van der Waals surface area contributed by atoms with Crippen LogP contribution in [-0.4, -0.2) is 37.0 Å². The van der Waals surface area contributed by atoms with Crippen molar-refractivity contribution in [1.29, 1.82) is 0 Å². The molecule has 13 heavy (non-hydrogen) atoms. The summed E-state index contributed by atoms with van der Waals surface area (Å²) < 4.78 is 5.30. The smallest absolute Gasteiger partial charge is 0.0570 e. The largest absolute Gasteiger partial charge is 0.393 e. The van der Waals surface area contributed by atoms with Gasteiger partial charge in [-0.2, -0.15) is 0 Å². The minimum atomic E-state index is -0.0350. The Hall–Kier alpha value is -0.120. The van der Waals surface area contributed by atoms with Gasteiger partial charge in [0.15, 0.2) is 0 Å². The van der Waals surface area contributed by atoms with Crippen LogP contribution in [0.25, 0.3) is 0 Å². The van der Waals surface area contributed by atoms with Crippen molar-refractivity contribution in [2.75, 3.05) is 19.8 Å². The zero-order valence-corrected chi connectivity index (χ0v) is 8.04. The molecule has 3 nitrogen and oxygen atoms in total. The highest BCUT2D eigenvalue weighted by atomic mass is 16.5. The van der Waals surface area contributed by atoms with Crippen LogP contribution in [0.4, 0.5) is 0 Å². The zero-order valence-electron chi connectivity index (χ0n) is 8.04. The van der Waals surface area contributed by atoms with Gasteiger partial charge in [-0.3, -0.25) is 0 Å². The van der Waals surface area contributed by atoms with E-state index < -0.39 is 0 Å². The summed E-state index contributed by atoms with van der Waals surface area (Å²) in [7, 11) is 0. The molecule has 0 aromatic heterocycles. The van der Waals surface area contributed by atoms with Crippen molar-refractivity contribution in [1.82, 2.24) is 5.32 Å². The molecule has 0 unspecified atom stereocenters. The Morgan fingerprint density at radius 3 is 2.54 bits per heavy atom. The number of hydrogen-bond acceptors (Lipinski definition) is 3. The molecule has 1 aliphatic carbocycles. The molecule has 1 heterocycles. The van der Waals surface area contributed by atoms with Crippen molar-refractivity contribution in [2.45, 2.75) is 37.8 Å². The van der Waals surface area contributed by atoms with Crippen LogP contribution in [0, 0.1) is 5.92 Å². The summed E-state index contributed by atoms with van der Waals surface area (Å²) in [5.74, 6) is 0.798. The lowest BCUT2D eigenvalue weighted by atomic mass is 9.88. The van der Waals surface area contributed by atoms with Crippen LogP contribution in [0.3, 0.4) is 0 Å². The van der Waals surface area contributed by atoms with E-state index in [1.54, 1.807) is 0 Å². The molecule has 3 heteroatoms. The number of rotatable bonds is 3. The third kappa shape index (κ3) is 2.66. The van der Waals surface area contributed by atoms with Gasteiger partial charge in [0.1, 0.15) is 0 Å². The molecular weight excluding hydrogens is 166 g/mol. The van der Waals surface area contributed by atoms with Crippen molar-refractivity contribution < 1.29 is 9.84 Å². The van der Waals surface area contributed by atoms with Crippen LogP contribution < -0.4 is 5.32 Å². The van der Waals surface area contributed by atoms with E-state index in [-0.39, 0.29) is 6.10 Å². The molecule has 0 radical (unpaired) electrons. The van der Waals surface area contributed by atoms with Gasteiger partial charge in [-0.25, -0.2) is 0 Å². The van der Waals surface area contributed by atoms with Crippen LogP contribution in [-0.2, 0) is 4.74 Å². The number of hydrogen-bond donors (Lipinski definition) is 2. The van der Waals surface area contributed by atoms with Crippen LogP contribution >= 0.6 is 0 Å². The lowest BCUT2D eigenvalue weighted by Gasteiger charge is -2.34. The van der Waals surface area contributed by atoms with E-state index in [1.807, 2.05) is 0 Å². The quantitative estimate of drug-likeness (QED) is 0.674. The fraction of sp³-hybridized carbons (Fsp3) is 1.00. The summed E-state index contributed by atoms with van der Waals surface area (Å²) >= 11 is 0. The summed E-state index contributed by atoms with van der Waals surface area (Å²) in [5, 5.41) is 12.6. The fourth-order valence-corrected chi connectivity index (χ4v) is 2.04. The summed E-state index contributed by atoms with van der Waals surface area (Å²) in [6, 6.07) is 0.581. The van der Waals surface area contributed by atoms with Crippen molar-refractivity contribution in [3.05, 3.63) is 0 Å². The summed E-state index contributed by atoms with van der Waals surface area (Å²) in [6.45, 7) is 2.97. The number of aliphatic hydroxyl groups excluding tert-OH is 1. The normalized spacial score (nSPS) is 35.8. The highest BCUT2D eigenvalue weighted by Gasteiger charge is 2.27. The summed E-state index contributed by atoms with van der Waals surface area (Å²) in [5.41, 5.74) is 0. The summed E-state index contributed by atoms with van der Waals surface area (Å²) in [4.78, 5) is 0. The van der Waals surface area contributed by atoms with E-state index in [0.717, 1.165) is 38.5 Å². The Labute approximate surface area is 79.5 Å². The Morgan fingerprint density at radius 1 is 1.23 bits per heavy atom. The average Bonchev–Trinajstić information content (AvgIpc) is 2.12. The van der Waals surface area contributed by atoms with E-state index in [4.69, 9.17) is 9.84 Å². The van der Waals surface area contributed by atoms with Gasteiger partial charge >= 0.3 is 0 Å². The minimum Gasteiger partial charge on any atom is -0.393 e. The SMILES string of the molecule is OC1CC(NCC2CCOCC2)C1. The monoisotopic (exact) mass is 185 g/mol. The second-order valence-corrected chi connectivity index (χ2v) is 4.29. The maximum absolute atomic E-state index is 9.10. The van der Waals surface area contributed by atoms with E-state index in [2.05, 4.69) is 5.32 Å². The molecule has 1 saturated heterocycles. The molecule has 0 spiro atoms. The van der Waals surface area contributed by atoms with E-state index >= 15 is 0 Å². The lowest BCUT2D eigenvalue weighted by Crippen LogP contribution is -2.46. The second kappa shape index (κ2) is 4.40. The molecule has 0 atom stereocenters. The van der Waals surface area contributed by atoms with Crippen molar-refractivity contribution in [3.63, 3.8) is 0 Å².